The third kappa shape index (κ3) is 3.53. The summed E-state index contributed by atoms with van der Waals surface area (Å²) in [5.41, 5.74) is 9.43. The van der Waals surface area contributed by atoms with Crippen molar-refractivity contribution in [2.24, 2.45) is 0 Å². The van der Waals surface area contributed by atoms with Gasteiger partial charge in [-0.2, -0.15) is 5.10 Å². The molecule has 174 valence electrons. The molecule has 1 aromatic carbocycles. The van der Waals surface area contributed by atoms with Crippen LogP contribution in [0, 0.1) is 0 Å². The van der Waals surface area contributed by atoms with Crippen LogP contribution >= 0.6 is 0 Å². The van der Waals surface area contributed by atoms with Crippen LogP contribution in [0.5, 0.6) is 11.5 Å². The Morgan fingerprint density at radius 1 is 1.06 bits per heavy atom. The molecule has 5 heterocycles. The van der Waals surface area contributed by atoms with Gasteiger partial charge in [-0.05, 0) is 37.1 Å². The SMILES string of the molecule is CC(=O)N1CCC(n2cc(-c3cnc(N)c4oc(-c5ccc6c(c5)OCCO6)cc34)cn2)CC1. The van der Waals surface area contributed by atoms with Crippen molar-refractivity contribution in [3.05, 3.63) is 42.9 Å². The maximum absolute atomic E-state index is 11.6. The third-order valence-corrected chi connectivity index (χ3v) is 6.61. The fraction of sp³-hybridized carbons (Fsp3) is 0.320. The number of aromatic nitrogens is 3. The number of nitrogen functional groups attached to an aromatic ring is 1. The van der Waals surface area contributed by atoms with Gasteiger partial charge >= 0.3 is 0 Å². The van der Waals surface area contributed by atoms with Crippen LogP contribution in [-0.4, -0.2) is 51.9 Å². The topological polar surface area (TPSA) is 109 Å². The lowest BCUT2D eigenvalue weighted by atomic mass is 10.0. The van der Waals surface area contributed by atoms with Crippen LogP contribution in [0.4, 0.5) is 5.82 Å². The number of ether oxygens (including phenoxy) is 2. The zero-order chi connectivity index (χ0) is 23.2. The van der Waals surface area contributed by atoms with Gasteiger partial charge in [-0.1, -0.05) is 0 Å². The normalized spacial score (nSPS) is 16.2. The summed E-state index contributed by atoms with van der Waals surface area (Å²) in [5.74, 6) is 2.58. The Bertz CT molecular complexity index is 1380. The summed E-state index contributed by atoms with van der Waals surface area (Å²) >= 11 is 0. The minimum atomic E-state index is 0.128. The molecule has 1 saturated heterocycles. The van der Waals surface area contributed by atoms with Crippen LogP contribution in [0.2, 0.25) is 0 Å². The van der Waals surface area contributed by atoms with E-state index in [0.29, 0.717) is 36.1 Å². The average molecular weight is 460 g/mol. The monoisotopic (exact) mass is 459 g/mol. The van der Waals surface area contributed by atoms with E-state index in [0.717, 1.165) is 53.8 Å². The molecule has 34 heavy (non-hydrogen) atoms. The first-order valence-corrected chi connectivity index (χ1v) is 11.4. The molecule has 0 unspecified atom stereocenters. The number of likely N-dealkylation sites (tertiary alicyclic amines) is 1. The van der Waals surface area contributed by atoms with E-state index in [2.05, 4.69) is 10.1 Å². The van der Waals surface area contributed by atoms with Gasteiger partial charge in [0, 0.05) is 54.5 Å². The molecule has 9 nitrogen and oxygen atoms in total. The highest BCUT2D eigenvalue weighted by atomic mass is 16.6. The second-order valence-electron chi connectivity index (χ2n) is 8.72. The molecular formula is C25H25N5O4. The van der Waals surface area contributed by atoms with E-state index in [1.807, 2.05) is 46.2 Å². The highest BCUT2D eigenvalue weighted by Crippen LogP contribution is 2.40. The largest absolute Gasteiger partial charge is 0.486 e. The molecule has 9 heteroatoms. The number of piperidine rings is 1. The van der Waals surface area contributed by atoms with Gasteiger partial charge in [-0.25, -0.2) is 4.98 Å². The van der Waals surface area contributed by atoms with Crippen LogP contribution in [0.1, 0.15) is 25.8 Å². The van der Waals surface area contributed by atoms with Crippen LogP contribution in [0.3, 0.4) is 0 Å². The number of carbonyl (C=O) groups is 1. The quantitative estimate of drug-likeness (QED) is 0.495. The number of nitrogens with two attached hydrogens (primary N) is 1. The van der Waals surface area contributed by atoms with Gasteiger partial charge < -0.3 is 24.5 Å². The first-order valence-electron chi connectivity index (χ1n) is 11.4. The number of pyridine rings is 1. The Labute approximate surface area is 196 Å². The summed E-state index contributed by atoms with van der Waals surface area (Å²) in [4.78, 5) is 17.9. The van der Waals surface area contributed by atoms with Crippen molar-refractivity contribution in [2.45, 2.75) is 25.8 Å². The van der Waals surface area contributed by atoms with Crippen molar-refractivity contribution in [1.29, 1.82) is 0 Å². The minimum Gasteiger partial charge on any atom is -0.486 e. The molecule has 3 aromatic heterocycles. The zero-order valence-electron chi connectivity index (χ0n) is 18.9. The number of carbonyl (C=O) groups excluding carboxylic acids is 1. The molecule has 0 spiro atoms. The summed E-state index contributed by atoms with van der Waals surface area (Å²) in [6, 6.07) is 8.00. The first kappa shape index (κ1) is 20.6. The summed E-state index contributed by atoms with van der Waals surface area (Å²) in [7, 11) is 0. The van der Waals surface area contributed by atoms with Crippen molar-refractivity contribution in [3.8, 4) is 33.9 Å². The standard InChI is InChI=1S/C25H25N5O4/c1-15(31)29-6-4-18(5-7-29)30-14-17(12-28-30)20-13-27-25(26)24-19(20)11-22(34-24)16-2-3-21-23(10-16)33-9-8-32-21/h2-3,10-14,18H,4-9H2,1H3,(H2,26,27). The van der Waals surface area contributed by atoms with Crippen molar-refractivity contribution in [2.75, 3.05) is 32.0 Å². The average Bonchev–Trinajstić information content (AvgIpc) is 3.53. The van der Waals surface area contributed by atoms with Gasteiger partial charge in [-0.15, -0.1) is 0 Å². The second kappa shape index (κ2) is 8.09. The fourth-order valence-electron chi connectivity index (χ4n) is 4.73. The number of amides is 1. The molecule has 6 rings (SSSR count). The van der Waals surface area contributed by atoms with Gasteiger partial charge in [0.05, 0.1) is 12.2 Å². The van der Waals surface area contributed by atoms with E-state index in [-0.39, 0.29) is 11.9 Å². The van der Waals surface area contributed by atoms with Gasteiger partial charge in [0.25, 0.3) is 0 Å². The van der Waals surface area contributed by atoms with Gasteiger partial charge in [-0.3, -0.25) is 9.48 Å². The molecule has 1 fully saturated rings. The number of furan rings is 1. The number of nitrogens with zero attached hydrogens (tertiary/aromatic N) is 4. The fourth-order valence-corrected chi connectivity index (χ4v) is 4.73. The number of rotatable bonds is 3. The van der Waals surface area contributed by atoms with E-state index in [1.54, 1.807) is 13.1 Å². The van der Waals surface area contributed by atoms with Crippen molar-refractivity contribution >= 4 is 22.7 Å². The summed E-state index contributed by atoms with van der Waals surface area (Å²) in [6.45, 7) is 4.20. The van der Waals surface area contributed by atoms with E-state index in [9.17, 15) is 4.79 Å². The van der Waals surface area contributed by atoms with E-state index in [4.69, 9.17) is 19.6 Å². The number of hydrogen-bond donors (Lipinski definition) is 1. The molecule has 0 aliphatic carbocycles. The summed E-state index contributed by atoms with van der Waals surface area (Å²) in [6.07, 6.45) is 7.42. The van der Waals surface area contributed by atoms with Gasteiger partial charge in [0.2, 0.25) is 5.91 Å². The molecule has 0 atom stereocenters. The summed E-state index contributed by atoms with van der Waals surface area (Å²) < 4.78 is 19.5. The Morgan fingerprint density at radius 2 is 1.85 bits per heavy atom. The third-order valence-electron chi connectivity index (χ3n) is 6.61. The molecule has 0 bridgehead atoms. The zero-order valence-corrected chi connectivity index (χ0v) is 18.9. The van der Waals surface area contributed by atoms with E-state index in [1.165, 1.54) is 0 Å². The van der Waals surface area contributed by atoms with E-state index >= 15 is 0 Å². The predicted molar refractivity (Wildman–Crippen MR) is 127 cm³/mol. The van der Waals surface area contributed by atoms with Crippen LogP contribution in [0.15, 0.2) is 47.3 Å². The van der Waals surface area contributed by atoms with E-state index < -0.39 is 0 Å². The van der Waals surface area contributed by atoms with Gasteiger partial charge in [0.15, 0.2) is 22.9 Å². The molecule has 2 aliphatic rings. The number of fused-ring (bicyclic) bond motifs is 2. The highest BCUT2D eigenvalue weighted by molar-refractivity contribution is 6.00. The maximum Gasteiger partial charge on any atom is 0.219 e. The van der Waals surface area contributed by atoms with Crippen LogP contribution in [0.25, 0.3) is 33.4 Å². The predicted octanol–water partition coefficient (Wildman–Crippen LogP) is 3.90. The highest BCUT2D eigenvalue weighted by Gasteiger charge is 2.23. The Hall–Kier alpha value is -4.01. The Balaban J connectivity index is 1.33. The minimum absolute atomic E-state index is 0.128. The molecule has 0 saturated carbocycles. The lowest BCUT2D eigenvalue weighted by molar-refractivity contribution is -0.130. The van der Waals surface area contributed by atoms with Crippen molar-refractivity contribution < 1.29 is 18.7 Å². The molecule has 2 aliphatic heterocycles. The maximum atomic E-state index is 11.6. The molecule has 2 N–H and O–H groups in total. The smallest absolute Gasteiger partial charge is 0.219 e. The molecular weight excluding hydrogens is 434 g/mol. The second-order valence-corrected chi connectivity index (χ2v) is 8.72. The molecule has 4 aromatic rings. The van der Waals surface area contributed by atoms with Crippen molar-refractivity contribution in [1.82, 2.24) is 19.7 Å². The number of benzene rings is 1. The molecule has 1 amide bonds. The lowest BCUT2D eigenvalue weighted by Gasteiger charge is -2.31. The number of anilines is 1. The van der Waals surface area contributed by atoms with Crippen LogP contribution in [-0.2, 0) is 4.79 Å². The first-order chi connectivity index (χ1) is 16.6. The van der Waals surface area contributed by atoms with Crippen molar-refractivity contribution in [3.63, 3.8) is 0 Å². The lowest BCUT2D eigenvalue weighted by Crippen LogP contribution is -2.37. The molecule has 0 radical (unpaired) electrons. The summed E-state index contributed by atoms with van der Waals surface area (Å²) in [5, 5.41) is 5.50. The number of hydrogen-bond acceptors (Lipinski definition) is 7. The van der Waals surface area contributed by atoms with Crippen LogP contribution < -0.4 is 15.2 Å². The van der Waals surface area contributed by atoms with Gasteiger partial charge in [0.1, 0.15) is 19.0 Å². The Morgan fingerprint density at radius 3 is 2.65 bits per heavy atom. The Kier molecular flexibility index (Phi) is 4.90.